The number of rotatable bonds is 29. The van der Waals surface area contributed by atoms with Gasteiger partial charge in [0.2, 0.25) is 11.8 Å². The van der Waals surface area contributed by atoms with E-state index in [1.165, 1.54) is 12.7 Å². The molecule has 58 heteroatoms. The molecular formula is C78H81F15N16O27. The van der Waals surface area contributed by atoms with Gasteiger partial charge in [0.1, 0.15) is 64.1 Å². The van der Waals surface area contributed by atoms with Crippen LogP contribution in [0.15, 0.2) is 152 Å². The molecule has 3 saturated heterocycles. The van der Waals surface area contributed by atoms with Crippen LogP contribution in [0.25, 0.3) is 0 Å². The number of nitro benzene ring substituents is 4. The van der Waals surface area contributed by atoms with Gasteiger partial charge in [-0.15, -0.1) is 65.9 Å². The first-order valence-electron chi connectivity index (χ1n) is 38.3. The molecule has 43 nitrogen and oxygen atoms in total. The zero-order valence-electron chi connectivity index (χ0n) is 70.2. The average molecular weight is 1960 g/mol. The minimum absolute atomic E-state index is 0.00276. The molecule has 15 N–H and O–H groups in total. The first-order valence-corrected chi connectivity index (χ1v) is 38.3. The number of carbonyl (C=O) groups is 10. The molecule has 3 atom stereocenters. The molecule has 0 aromatic heterocycles. The number of nitro groups is 4. The summed E-state index contributed by atoms with van der Waals surface area (Å²) in [4.78, 5) is 157. The highest BCUT2D eigenvalue weighted by atomic mass is 19.4. The average Bonchev–Trinajstić information content (AvgIpc) is 0.990. The molecule has 0 unspecified atom stereocenters. The number of esters is 2. The molecule has 0 aliphatic carbocycles. The number of likely N-dealkylation sites (tertiary alicyclic amines) is 2. The second kappa shape index (κ2) is 53.2. The van der Waals surface area contributed by atoms with Crippen molar-refractivity contribution in [2.24, 2.45) is 11.5 Å². The second-order valence-electron chi connectivity index (χ2n) is 27.3. The van der Waals surface area contributed by atoms with Gasteiger partial charge in [-0.3, -0.25) is 93.4 Å². The van der Waals surface area contributed by atoms with Gasteiger partial charge in [0.05, 0.1) is 59.1 Å². The smallest absolute Gasteiger partial charge is 0.480 e. The number of carboxylic acids is 2. The highest BCUT2D eigenvalue weighted by Gasteiger charge is 2.38. The van der Waals surface area contributed by atoms with E-state index < -0.39 is 198 Å². The Kier molecular flexibility index (Phi) is 44.1. The summed E-state index contributed by atoms with van der Waals surface area (Å²) >= 11 is 0. The highest BCUT2D eigenvalue weighted by molar-refractivity contribution is 6.03. The van der Waals surface area contributed by atoms with Gasteiger partial charge in [0, 0.05) is 118 Å². The molecule has 3 heterocycles. The molecule has 3 aliphatic rings. The Bertz CT molecular complexity index is 5290. The molecule has 7 aromatic carbocycles. The zero-order chi connectivity index (χ0) is 102. The van der Waals surface area contributed by atoms with Gasteiger partial charge in [0.15, 0.2) is 0 Å². The molecule has 6 amide bonds. The van der Waals surface area contributed by atoms with Crippen molar-refractivity contribution in [3.05, 3.63) is 231 Å². The van der Waals surface area contributed by atoms with Gasteiger partial charge >= 0.3 is 55.7 Å². The Hall–Kier alpha value is -15.6. The largest absolute Gasteiger partial charge is 0.573 e. The number of ether oxygens (including phenoxy) is 7. The lowest BCUT2D eigenvalue weighted by Crippen LogP contribution is -2.43. The maximum atomic E-state index is 12.4. The van der Waals surface area contributed by atoms with Crippen molar-refractivity contribution >= 4 is 87.8 Å². The van der Waals surface area contributed by atoms with E-state index in [2.05, 4.69) is 99.9 Å². The molecule has 3 aliphatic heterocycles. The summed E-state index contributed by atoms with van der Waals surface area (Å²) in [5.74, 6) is -13.3. The van der Waals surface area contributed by atoms with Crippen LogP contribution < -0.4 is 78.1 Å². The van der Waals surface area contributed by atoms with E-state index >= 15 is 0 Å². The molecular weight excluding hydrogens is 1880 g/mol. The van der Waals surface area contributed by atoms with Gasteiger partial charge in [-0.1, -0.05) is 60.7 Å². The fourth-order valence-corrected chi connectivity index (χ4v) is 11.4. The van der Waals surface area contributed by atoms with E-state index in [1.807, 2.05) is 35.6 Å². The lowest BCUT2D eigenvalue weighted by atomic mass is 10.1. The first-order chi connectivity index (χ1) is 63.4. The number of hydrogen-bond acceptors (Lipinski definition) is 31. The fraction of sp³-hybridized carbons (Fsp3) is 0.333. The van der Waals surface area contributed by atoms with E-state index in [9.17, 15) is 154 Å². The first kappa shape index (κ1) is 113. The van der Waals surface area contributed by atoms with Crippen molar-refractivity contribution in [1.82, 2.24) is 47.0 Å². The second-order valence-corrected chi connectivity index (χ2v) is 27.3. The van der Waals surface area contributed by atoms with E-state index in [0.29, 0.717) is 79.8 Å². The number of nitrogens with zero attached hydrogens (tertiary/aromatic N) is 6. The van der Waals surface area contributed by atoms with Gasteiger partial charge < -0.3 is 97.8 Å². The molecule has 10 rings (SSSR count). The van der Waals surface area contributed by atoms with Gasteiger partial charge in [0.25, 0.3) is 46.4 Å². The van der Waals surface area contributed by atoms with Crippen LogP contribution in [0.1, 0.15) is 82.2 Å². The van der Waals surface area contributed by atoms with Crippen LogP contribution in [0, 0.1) is 40.5 Å². The van der Waals surface area contributed by atoms with Crippen molar-refractivity contribution < 1.29 is 177 Å². The number of benzene rings is 7. The summed E-state index contributed by atoms with van der Waals surface area (Å²) in [6, 6.07) is 31.2. The molecule has 136 heavy (non-hydrogen) atoms. The molecule has 0 radical (unpaired) electrons. The summed E-state index contributed by atoms with van der Waals surface area (Å²) in [5.41, 5.74) is 12.5. The number of anilines is 1. The minimum Gasteiger partial charge on any atom is -0.480 e. The minimum atomic E-state index is -5.04. The third-order valence-corrected chi connectivity index (χ3v) is 17.2. The third kappa shape index (κ3) is 43.6. The molecule has 0 saturated carbocycles. The number of halogens is 15. The number of aliphatic carboxylic acids is 1. The summed E-state index contributed by atoms with van der Waals surface area (Å²) in [7, 11) is 2.35. The van der Waals surface area contributed by atoms with Crippen LogP contribution in [0.4, 0.5) is 94.3 Å². The number of carboxylic acid groups (broad SMARTS) is 2. The summed E-state index contributed by atoms with van der Waals surface area (Å²) < 4.78 is 208. The van der Waals surface area contributed by atoms with Crippen LogP contribution in [0.5, 0.6) is 28.7 Å². The van der Waals surface area contributed by atoms with Gasteiger partial charge in [-0.05, 0) is 79.4 Å². The lowest BCUT2D eigenvalue weighted by Gasteiger charge is -2.17. The van der Waals surface area contributed by atoms with Gasteiger partial charge in [-0.25, -0.2) is 4.79 Å². The molecule has 3 fully saturated rings. The molecule has 0 bridgehead atoms. The lowest BCUT2D eigenvalue weighted by molar-refractivity contribution is -0.385. The summed E-state index contributed by atoms with van der Waals surface area (Å²) in [5, 5.41) is 76.9. The topological polar surface area (TPSA) is 617 Å². The highest BCUT2D eigenvalue weighted by Crippen LogP contribution is 2.34. The Morgan fingerprint density at radius 1 is 0.426 bits per heavy atom. The van der Waals surface area contributed by atoms with Crippen LogP contribution in [-0.2, 0) is 46.5 Å². The quantitative estimate of drug-likeness (QED) is 0.00690. The number of aromatic carboxylic acids is 1. The number of nitrogens with two attached hydrogens (primary N) is 3. The van der Waals surface area contributed by atoms with E-state index in [0.717, 1.165) is 102 Å². The van der Waals surface area contributed by atoms with Crippen LogP contribution >= 0.6 is 0 Å². The van der Waals surface area contributed by atoms with E-state index in [4.69, 9.17) is 27.4 Å². The van der Waals surface area contributed by atoms with Crippen LogP contribution in [0.3, 0.4) is 0 Å². The predicted octanol–water partition coefficient (Wildman–Crippen LogP) is 8.22. The van der Waals surface area contributed by atoms with Crippen molar-refractivity contribution in [2.75, 3.05) is 91.9 Å². The number of carbonyl (C=O) groups excluding carboxylic acids is 8. The molecule has 0 spiro atoms. The maximum Gasteiger partial charge on any atom is 0.573 e. The number of amides is 6. The number of nitrogens with one attached hydrogen (secondary N) is 7. The van der Waals surface area contributed by atoms with Crippen molar-refractivity contribution in [1.29, 1.82) is 0 Å². The Balaban J connectivity index is 0.000000343. The number of methoxy groups -OCH3 is 2. The normalized spacial score (nSPS) is 14.4. The van der Waals surface area contributed by atoms with Crippen molar-refractivity contribution in [3.8, 4) is 28.7 Å². The maximum absolute atomic E-state index is 12.4. The SMILES string of the molecule is COC(=O)CN.COC(=O)CNC(=O)c1cc(OC(F)(F)F)ccc1[N+](=O)[O-].N[C@@H]1CCN(Cc2ccccc2)C1.Nc1ccc(OC(F)(F)F)cc1C(=O)NCC(=O)N[C@@H]1CCNC1.O=C(CNC(=O)c1cc(OC(F)(F)F)ccc1[N+](=O)[O-])N[C@@H]1CCN(Cc2ccccc2)C1.O=C(O)CNC(=O)c1cc(OC(F)(F)F)ccc1[N+](=O)[O-].O=C(O)c1cc(OC(F)(F)F)ccc1[N+](=O)[O-]. The molecule has 7 aromatic rings. The van der Waals surface area contributed by atoms with E-state index in [1.54, 1.807) is 5.32 Å². The van der Waals surface area contributed by atoms with Crippen molar-refractivity contribution in [2.45, 2.75) is 82.3 Å². The monoisotopic (exact) mass is 1960 g/mol. The number of alkyl halides is 15. The zero-order valence-corrected chi connectivity index (χ0v) is 70.2. The van der Waals surface area contributed by atoms with Crippen molar-refractivity contribution in [3.63, 3.8) is 0 Å². The Labute approximate surface area is 754 Å². The summed E-state index contributed by atoms with van der Waals surface area (Å²) in [6.45, 7) is 4.58. The molecule has 740 valence electrons. The Morgan fingerprint density at radius 2 is 0.750 bits per heavy atom. The van der Waals surface area contributed by atoms with Crippen LogP contribution in [-0.4, -0.2) is 235 Å². The number of hydrogen-bond donors (Lipinski definition) is 12. The summed E-state index contributed by atoms with van der Waals surface area (Å²) in [6.07, 6.45) is -22.3. The van der Waals surface area contributed by atoms with Crippen LogP contribution in [0.2, 0.25) is 0 Å². The third-order valence-electron chi connectivity index (χ3n) is 17.2. The Morgan fingerprint density at radius 3 is 1.07 bits per heavy atom. The standard InChI is InChI=1S/C21H21F3N4O5.C14H17F3N4O3.C11H9F3N2O6.C11H16N2.C10H7F3N2O6.C8H4F3NO5.C3H7NO2/c22-21(23,24)33-16-6-7-18(28(31)32)17(10-16)20(30)25-11-19(29)26-15-8-9-27(13-15)12-14-4-2-1-3-5-14;15-14(16,17)24-9-1-2-11(18)10(5-9)13(23)20-7-12(22)21-8-3-4-19-6-8;1-21-9(17)5-15-10(18)7-4-6(22-11(12,13)14)2-3-8(7)16(19)20;12-11-6-7-13(9-11)8-10-4-2-1-3-5-10;11-10(12,13)21-5-1-2-7(15(19)20)6(3-5)9(18)14-4-8(16)17;9-8(10,11)17-4-1-2-6(12(15)16)5(3-4)7(13)14;1-6-3(5)2-4/h1-7,10,15H,8-9,11-13H2,(H,25,30)(H,26,29);1-2,5,8,19H,3-4,6-7,18H2,(H,20,23)(H,21,22);2-4H,5H2,1H3,(H,15,18);1-5,11H,6-9,12H2;1-3H,4H2,(H,14,18)(H,16,17);1-3H,(H,13,14);2,4H2,1H3/t15-;8-;;11-;;;/m11.1.../s1. The predicted molar refractivity (Wildman–Crippen MR) is 436 cm³/mol. The fourth-order valence-electron chi connectivity index (χ4n) is 11.4. The number of nitrogen functional groups attached to an aromatic ring is 1. The van der Waals surface area contributed by atoms with Gasteiger partial charge in [-0.2, -0.15) is 0 Å². The van der Waals surface area contributed by atoms with E-state index in [-0.39, 0.29) is 42.4 Å².